The number of halogens is 4. The Balaban J connectivity index is 0. The van der Waals surface area contributed by atoms with E-state index in [1.54, 1.807) is 0 Å². The molecule has 0 bridgehead atoms. The fraction of sp³-hybridized carbons (Fsp3) is 1.00. The molecular weight excluding hydrogens is 303 g/mol. The molecular formula is C6H12Br2Cl2. The third-order valence-corrected chi connectivity index (χ3v) is 3.08. The standard InChI is InChI=1S/2C3H6BrCl/c1-3(4)2-5;1-3(5)2-4/h2*3H,2H2,1H3. The van der Waals surface area contributed by atoms with Crippen LogP contribution >= 0.6 is 55.1 Å². The van der Waals surface area contributed by atoms with Crippen LogP contribution in [-0.4, -0.2) is 21.4 Å². The molecule has 2 unspecified atom stereocenters. The minimum Gasteiger partial charge on any atom is -0.126 e. The molecule has 0 spiro atoms. The monoisotopic (exact) mass is 312 g/mol. The van der Waals surface area contributed by atoms with Gasteiger partial charge in [-0.1, -0.05) is 38.8 Å². The highest BCUT2D eigenvalue weighted by molar-refractivity contribution is 9.09. The van der Waals surface area contributed by atoms with Gasteiger partial charge in [0.1, 0.15) is 0 Å². The van der Waals surface area contributed by atoms with Gasteiger partial charge in [-0.05, 0) is 6.92 Å². The van der Waals surface area contributed by atoms with E-state index in [2.05, 4.69) is 31.9 Å². The highest BCUT2D eigenvalue weighted by Crippen LogP contribution is 1.97. The zero-order chi connectivity index (χ0) is 8.57. The summed E-state index contributed by atoms with van der Waals surface area (Å²) in [5, 5.41) is 1.16. The molecule has 0 fully saturated rings. The van der Waals surface area contributed by atoms with Crippen LogP contribution in [0.3, 0.4) is 0 Å². The van der Waals surface area contributed by atoms with Crippen molar-refractivity contribution in [1.29, 1.82) is 0 Å². The zero-order valence-corrected chi connectivity index (χ0v) is 10.8. The van der Waals surface area contributed by atoms with Crippen molar-refractivity contribution in [3.63, 3.8) is 0 Å². The Morgan fingerprint density at radius 3 is 1.60 bits per heavy atom. The molecule has 10 heavy (non-hydrogen) atoms. The minimum atomic E-state index is 0.273. The molecule has 0 nitrogen and oxygen atoms in total. The van der Waals surface area contributed by atoms with E-state index in [9.17, 15) is 0 Å². The normalized spacial score (nSPS) is 15.0. The van der Waals surface area contributed by atoms with Gasteiger partial charge in [-0.3, -0.25) is 0 Å². The van der Waals surface area contributed by atoms with Gasteiger partial charge in [0.05, 0.1) is 0 Å². The predicted molar refractivity (Wildman–Crippen MR) is 58.2 cm³/mol. The fourth-order valence-electron chi connectivity index (χ4n) is 0. The molecule has 0 aliphatic heterocycles. The summed E-state index contributed by atoms with van der Waals surface area (Å²) in [4.78, 5) is 0.462. The molecule has 0 heterocycles. The lowest BCUT2D eigenvalue weighted by Gasteiger charge is -1.86. The van der Waals surface area contributed by atoms with Gasteiger partial charge in [-0.25, -0.2) is 0 Å². The van der Waals surface area contributed by atoms with Gasteiger partial charge in [-0.15, -0.1) is 23.2 Å². The third kappa shape index (κ3) is 22.7. The van der Waals surface area contributed by atoms with Crippen LogP contribution in [0.2, 0.25) is 0 Å². The molecule has 64 valence electrons. The Hall–Kier alpha value is 1.54. The van der Waals surface area contributed by atoms with Crippen molar-refractivity contribution in [2.24, 2.45) is 0 Å². The number of hydrogen-bond donors (Lipinski definition) is 0. The van der Waals surface area contributed by atoms with Crippen LogP contribution in [-0.2, 0) is 0 Å². The second kappa shape index (κ2) is 10.5. The van der Waals surface area contributed by atoms with Crippen LogP contribution in [0.1, 0.15) is 13.8 Å². The Labute approximate surface area is 89.9 Å². The van der Waals surface area contributed by atoms with Crippen LogP contribution in [0.25, 0.3) is 0 Å². The van der Waals surface area contributed by atoms with Crippen molar-refractivity contribution in [3.05, 3.63) is 0 Å². The van der Waals surface area contributed by atoms with Crippen LogP contribution in [0.5, 0.6) is 0 Å². The maximum absolute atomic E-state index is 5.42. The molecule has 2 atom stereocenters. The zero-order valence-electron chi connectivity index (χ0n) is 6.08. The summed E-state index contributed by atoms with van der Waals surface area (Å²) in [7, 11) is 0. The quantitative estimate of drug-likeness (QED) is 0.675. The lowest BCUT2D eigenvalue weighted by molar-refractivity contribution is 1.13. The summed E-state index contributed by atoms with van der Waals surface area (Å²) in [6.07, 6.45) is 0. The van der Waals surface area contributed by atoms with Crippen molar-refractivity contribution in [1.82, 2.24) is 0 Å². The van der Waals surface area contributed by atoms with Crippen LogP contribution in [0.15, 0.2) is 0 Å². The van der Waals surface area contributed by atoms with Gasteiger partial charge in [0.25, 0.3) is 0 Å². The molecule has 0 amide bonds. The first-order valence-electron chi connectivity index (χ1n) is 2.94. The van der Waals surface area contributed by atoms with E-state index in [4.69, 9.17) is 23.2 Å². The number of hydrogen-bond acceptors (Lipinski definition) is 0. The van der Waals surface area contributed by atoms with E-state index in [0.29, 0.717) is 10.7 Å². The van der Waals surface area contributed by atoms with E-state index >= 15 is 0 Å². The van der Waals surface area contributed by atoms with Crippen LogP contribution in [0, 0.1) is 0 Å². The second-order valence-electron chi connectivity index (χ2n) is 1.87. The Morgan fingerprint density at radius 2 is 1.60 bits per heavy atom. The second-order valence-corrected chi connectivity index (χ2v) is 5.13. The van der Waals surface area contributed by atoms with E-state index < -0.39 is 0 Å². The molecule has 0 radical (unpaired) electrons. The molecule has 4 heteroatoms. The summed E-state index contributed by atoms with van der Waals surface area (Å²) in [6, 6.07) is 0. The smallest absolute Gasteiger partial charge is 0.0404 e. The fourth-order valence-corrected chi connectivity index (χ4v) is 0. The van der Waals surface area contributed by atoms with Gasteiger partial charge in [0, 0.05) is 21.4 Å². The van der Waals surface area contributed by atoms with Crippen molar-refractivity contribution in [2.75, 3.05) is 11.2 Å². The first-order valence-corrected chi connectivity index (χ1v) is 5.95. The van der Waals surface area contributed by atoms with Crippen LogP contribution in [0.4, 0.5) is 0 Å². The molecule has 0 aromatic carbocycles. The van der Waals surface area contributed by atoms with Crippen LogP contribution < -0.4 is 0 Å². The first-order chi connectivity index (χ1) is 4.54. The van der Waals surface area contributed by atoms with Gasteiger partial charge in [-0.2, -0.15) is 0 Å². The van der Waals surface area contributed by atoms with E-state index in [0.717, 1.165) is 5.33 Å². The Kier molecular flexibility index (Phi) is 14.8. The lowest BCUT2D eigenvalue weighted by atomic mass is 10.6. The van der Waals surface area contributed by atoms with E-state index in [1.165, 1.54) is 0 Å². The largest absolute Gasteiger partial charge is 0.126 e. The number of alkyl halides is 4. The molecule has 0 rings (SSSR count). The summed E-state index contributed by atoms with van der Waals surface area (Å²) >= 11 is 17.1. The van der Waals surface area contributed by atoms with E-state index in [1.807, 2.05) is 13.8 Å². The SMILES string of the molecule is CC(Br)CCl.CC(Cl)CBr. The third-order valence-electron chi connectivity index (χ3n) is 0.425. The van der Waals surface area contributed by atoms with Gasteiger partial charge < -0.3 is 0 Å². The maximum atomic E-state index is 5.42. The van der Waals surface area contributed by atoms with Crippen molar-refractivity contribution >= 4 is 55.1 Å². The van der Waals surface area contributed by atoms with Gasteiger partial charge >= 0.3 is 0 Å². The average Bonchev–Trinajstić information content (AvgIpc) is 1.89. The van der Waals surface area contributed by atoms with Gasteiger partial charge in [0.15, 0.2) is 0 Å². The molecule has 0 aromatic heterocycles. The van der Waals surface area contributed by atoms with Gasteiger partial charge in [0.2, 0.25) is 0 Å². The average molecular weight is 315 g/mol. The molecule has 0 aromatic rings. The minimum absolute atomic E-state index is 0.273. The topological polar surface area (TPSA) is 0 Å². The number of rotatable bonds is 2. The molecule has 0 saturated heterocycles. The summed E-state index contributed by atoms with van der Waals surface area (Å²) in [5.41, 5.74) is 0. The van der Waals surface area contributed by atoms with E-state index in [-0.39, 0.29) is 5.38 Å². The predicted octanol–water partition coefficient (Wildman–Crippen LogP) is 4.02. The molecule has 0 aliphatic carbocycles. The summed E-state index contributed by atoms with van der Waals surface area (Å²) in [5.74, 6) is 0.694. The lowest BCUT2D eigenvalue weighted by Crippen LogP contribution is -1.87. The first kappa shape index (κ1) is 14.1. The highest BCUT2D eigenvalue weighted by Gasteiger charge is 1.85. The summed E-state index contributed by atoms with van der Waals surface area (Å²) in [6.45, 7) is 3.95. The Bertz CT molecular complexity index is 49.7. The highest BCUT2D eigenvalue weighted by atomic mass is 79.9. The van der Waals surface area contributed by atoms with Crippen molar-refractivity contribution in [3.8, 4) is 0 Å². The summed E-state index contributed by atoms with van der Waals surface area (Å²) < 4.78 is 0. The molecule has 0 N–H and O–H groups in total. The Morgan fingerprint density at radius 1 is 1.40 bits per heavy atom. The molecule has 0 aliphatic rings. The van der Waals surface area contributed by atoms with Crippen molar-refractivity contribution < 1.29 is 0 Å². The molecule has 0 saturated carbocycles. The maximum Gasteiger partial charge on any atom is 0.0404 e. The van der Waals surface area contributed by atoms with Crippen molar-refractivity contribution in [2.45, 2.75) is 24.1 Å².